The number of hydrogen-bond acceptors (Lipinski definition) is 7. The quantitative estimate of drug-likeness (QED) is 0.303. The van der Waals surface area contributed by atoms with E-state index in [0.29, 0.717) is 28.7 Å². The Hall–Kier alpha value is -4.74. The standard InChI is InChI=1S/C32H32N6O2/c1-21-16-24(18-33)17-22(2)29(21)40-31-28(25-6-4-3-5-7-25)19-35-32(37-31)36-27-12-14-38(15-13-27)20-23-8-10-26(11-9-23)30(34)39/h3-11,16-17,19,27H,12-15,20H2,1-2H3,(H2,34,39)(H,35,36,37). The second-order valence-electron chi connectivity index (χ2n) is 10.2. The van der Waals surface area contributed by atoms with Gasteiger partial charge in [0.25, 0.3) is 0 Å². The minimum atomic E-state index is -0.409. The van der Waals surface area contributed by atoms with Gasteiger partial charge in [0.05, 0.1) is 17.2 Å². The Labute approximate surface area is 234 Å². The summed E-state index contributed by atoms with van der Waals surface area (Å²) in [5.74, 6) is 1.28. The van der Waals surface area contributed by atoms with E-state index < -0.39 is 5.91 Å². The van der Waals surface area contributed by atoms with Gasteiger partial charge in [0.15, 0.2) is 0 Å². The maximum absolute atomic E-state index is 11.3. The summed E-state index contributed by atoms with van der Waals surface area (Å²) in [6.07, 6.45) is 3.71. The van der Waals surface area contributed by atoms with E-state index in [0.717, 1.165) is 60.3 Å². The lowest BCUT2D eigenvalue weighted by atomic mass is 10.0. The third kappa shape index (κ3) is 6.28. The fourth-order valence-electron chi connectivity index (χ4n) is 5.05. The maximum atomic E-state index is 11.3. The van der Waals surface area contributed by atoms with Crippen LogP contribution in [-0.2, 0) is 6.54 Å². The van der Waals surface area contributed by atoms with Gasteiger partial charge in [-0.3, -0.25) is 9.69 Å². The number of aryl methyl sites for hydroxylation is 2. The van der Waals surface area contributed by atoms with Gasteiger partial charge in [-0.25, -0.2) is 4.98 Å². The molecule has 1 amide bonds. The fourth-order valence-corrected chi connectivity index (χ4v) is 5.05. The molecule has 0 radical (unpaired) electrons. The van der Waals surface area contributed by atoms with Gasteiger partial charge in [-0.15, -0.1) is 0 Å². The number of anilines is 1. The Bertz CT molecular complexity index is 1520. The zero-order valence-electron chi connectivity index (χ0n) is 22.7. The maximum Gasteiger partial charge on any atom is 0.248 e. The molecule has 1 aliphatic rings. The number of aromatic nitrogens is 2. The number of primary amides is 1. The number of nitrogens with two attached hydrogens (primary N) is 1. The van der Waals surface area contributed by atoms with Crippen LogP contribution in [0.15, 0.2) is 72.9 Å². The van der Waals surface area contributed by atoms with E-state index in [1.54, 1.807) is 18.3 Å². The van der Waals surface area contributed by atoms with Crippen molar-refractivity contribution in [3.8, 4) is 28.8 Å². The molecule has 3 N–H and O–H groups in total. The van der Waals surface area contributed by atoms with Crippen LogP contribution in [0.25, 0.3) is 11.1 Å². The number of amides is 1. The highest BCUT2D eigenvalue weighted by Crippen LogP contribution is 2.35. The molecule has 5 rings (SSSR count). The van der Waals surface area contributed by atoms with Crippen molar-refractivity contribution in [1.29, 1.82) is 5.26 Å². The van der Waals surface area contributed by atoms with Crippen molar-refractivity contribution in [2.45, 2.75) is 39.3 Å². The summed E-state index contributed by atoms with van der Waals surface area (Å²) < 4.78 is 6.42. The van der Waals surface area contributed by atoms with E-state index in [1.165, 1.54) is 0 Å². The molecule has 2 heterocycles. The number of nitrogens with zero attached hydrogens (tertiary/aromatic N) is 4. The van der Waals surface area contributed by atoms with E-state index >= 15 is 0 Å². The van der Waals surface area contributed by atoms with Crippen LogP contribution in [0.1, 0.15) is 45.5 Å². The predicted molar refractivity (Wildman–Crippen MR) is 155 cm³/mol. The van der Waals surface area contributed by atoms with Crippen LogP contribution in [0, 0.1) is 25.2 Å². The lowest BCUT2D eigenvalue weighted by molar-refractivity contribution is 0.1000. The number of piperidine rings is 1. The van der Waals surface area contributed by atoms with Gasteiger partial charge < -0.3 is 15.8 Å². The molecule has 0 bridgehead atoms. The molecule has 0 unspecified atom stereocenters. The summed E-state index contributed by atoms with van der Waals surface area (Å²) in [4.78, 5) is 23.2. The number of hydrogen-bond donors (Lipinski definition) is 2. The van der Waals surface area contributed by atoms with E-state index in [9.17, 15) is 10.1 Å². The molecule has 0 aliphatic carbocycles. The molecule has 0 spiro atoms. The Morgan fingerprint density at radius 1 is 1.07 bits per heavy atom. The van der Waals surface area contributed by atoms with Crippen LogP contribution in [0.5, 0.6) is 11.6 Å². The SMILES string of the molecule is Cc1cc(C#N)cc(C)c1Oc1nc(NC2CCN(Cc3ccc(C(N)=O)cc3)CC2)ncc1-c1ccccc1. The topological polar surface area (TPSA) is 117 Å². The Morgan fingerprint density at radius 3 is 2.38 bits per heavy atom. The molecule has 1 fully saturated rings. The third-order valence-corrected chi connectivity index (χ3v) is 7.19. The van der Waals surface area contributed by atoms with Crippen LogP contribution in [0.4, 0.5) is 5.95 Å². The van der Waals surface area contributed by atoms with Gasteiger partial charge >= 0.3 is 0 Å². The Kier molecular flexibility index (Phi) is 8.04. The van der Waals surface area contributed by atoms with Gasteiger partial charge in [-0.2, -0.15) is 10.2 Å². The number of nitriles is 1. The summed E-state index contributed by atoms with van der Waals surface area (Å²) in [5.41, 5.74) is 11.1. The third-order valence-electron chi connectivity index (χ3n) is 7.19. The predicted octanol–water partition coefficient (Wildman–Crippen LogP) is 5.60. The van der Waals surface area contributed by atoms with Crippen molar-refractivity contribution in [2.75, 3.05) is 18.4 Å². The molecular formula is C32H32N6O2. The van der Waals surface area contributed by atoms with E-state index in [1.807, 2.05) is 68.4 Å². The summed E-state index contributed by atoms with van der Waals surface area (Å²) in [7, 11) is 0. The van der Waals surface area contributed by atoms with Crippen molar-refractivity contribution in [3.05, 3.63) is 101 Å². The van der Waals surface area contributed by atoms with Gasteiger partial charge in [0.1, 0.15) is 5.75 Å². The van der Waals surface area contributed by atoms with Crippen LogP contribution < -0.4 is 15.8 Å². The molecule has 4 aromatic rings. The number of benzene rings is 3. The normalized spacial score (nSPS) is 13.9. The second kappa shape index (κ2) is 12.0. The minimum Gasteiger partial charge on any atom is -0.438 e. The number of carbonyl (C=O) groups excluding carboxylic acids is 1. The molecule has 1 aliphatic heterocycles. The van der Waals surface area contributed by atoms with Crippen molar-refractivity contribution < 1.29 is 9.53 Å². The monoisotopic (exact) mass is 532 g/mol. The number of carbonyl (C=O) groups is 1. The largest absolute Gasteiger partial charge is 0.438 e. The smallest absolute Gasteiger partial charge is 0.248 e. The van der Waals surface area contributed by atoms with Crippen molar-refractivity contribution in [2.24, 2.45) is 5.73 Å². The van der Waals surface area contributed by atoms with Crippen molar-refractivity contribution in [1.82, 2.24) is 14.9 Å². The van der Waals surface area contributed by atoms with Gasteiger partial charge in [0, 0.05) is 37.4 Å². The summed E-state index contributed by atoms with van der Waals surface area (Å²) >= 11 is 0. The minimum absolute atomic E-state index is 0.238. The van der Waals surface area contributed by atoms with Crippen LogP contribution in [0.3, 0.4) is 0 Å². The number of nitrogens with one attached hydrogen (secondary N) is 1. The summed E-state index contributed by atoms with van der Waals surface area (Å²) in [6, 6.07) is 23.5. The zero-order valence-corrected chi connectivity index (χ0v) is 22.7. The van der Waals surface area contributed by atoms with Crippen molar-refractivity contribution in [3.63, 3.8) is 0 Å². The number of ether oxygens (including phenoxy) is 1. The molecule has 1 saturated heterocycles. The van der Waals surface area contributed by atoms with E-state index in [4.69, 9.17) is 15.5 Å². The van der Waals surface area contributed by atoms with Crippen LogP contribution in [0.2, 0.25) is 0 Å². The molecule has 202 valence electrons. The molecular weight excluding hydrogens is 500 g/mol. The van der Waals surface area contributed by atoms with Gasteiger partial charge in [0.2, 0.25) is 17.7 Å². The Morgan fingerprint density at radius 2 is 1.75 bits per heavy atom. The van der Waals surface area contributed by atoms with Gasteiger partial charge in [-0.05, 0) is 73.2 Å². The molecule has 8 nitrogen and oxygen atoms in total. The average Bonchev–Trinajstić information content (AvgIpc) is 2.97. The first-order valence-electron chi connectivity index (χ1n) is 13.4. The number of likely N-dealkylation sites (tertiary alicyclic amines) is 1. The first kappa shape index (κ1) is 26.9. The molecule has 3 aromatic carbocycles. The second-order valence-corrected chi connectivity index (χ2v) is 10.2. The summed E-state index contributed by atoms with van der Waals surface area (Å²) in [6.45, 7) is 6.57. The van der Waals surface area contributed by atoms with Crippen molar-refractivity contribution >= 4 is 11.9 Å². The molecule has 40 heavy (non-hydrogen) atoms. The first-order valence-corrected chi connectivity index (χ1v) is 13.4. The van der Waals surface area contributed by atoms with Crippen LogP contribution >= 0.6 is 0 Å². The van der Waals surface area contributed by atoms with Gasteiger partial charge in [-0.1, -0.05) is 42.5 Å². The average molecular weight is 533 g/mol. The lowest BCUT2D eigenvalue weighted by Crippen LogP contribution is -2.39. The molecule has 8 heteroatoms. The first-order chi connectivity index (χ1) is 19.4. The molecule has 0 atom stereocenters. The molecule has 1 aromatic heterocycles. The zero-order chi connectivity index (χ0) is 28.1. The van der Waals surface area contributed by atoms with E-state index in [-0.39, 0.29) is 6.04 Å². The number of rotatable bonds is 8. The summed E-state index contributed by atoms with van der Waals surface area (Å²) in [5, 5.41) is 12.8. The highest BCUT2D eigenvalue weighted by atomic mass is 16.5. The van der Waals surface area contributed by atoms with Crippen LogP contribution in [-0.4, -0.2) is 39.9 Å². The Balaban J connectivity index is 1.30. The van der Waals surface area contributed by atoms with E-state index in [2.05, 4.69) is 21.3 Å². The highest BCUT2D eigenvalue weighted by molar-refractivity contribution is 5.92. The lowest BCUT2D eigenvalue weighted by Gasteiger charge is -2.32. The molecule has 0 saturated carbocycles. The fraction of sp³-hybridized carbons (Fsp3) is 0.250. The highest BCUT2D eigenvalue weighted by Gasteiger charge is 2.21.